The molecule has 1 amide bonds. The quantitative estimate of drug-likeness (QED) is 0.590. The van der Waals surface area contributed by atoms with Crippen LogP contribution in [0.2, 0.25) is 0 Å². The van der Waals surface area contributed by atoms with Crippen molar-refractivity contribution < 1.29 is 19.1 Å². The number of rotatable bonds is 6. The van der Waals surface area contributed by atoms with Crippen LogP contribution in [0.25, 0.3) is 10.4 Å². The van der Waals surface area contributed by atoms with Crippen molar-refractivity contribution in [1.29, 1.82) is 0 Å². The van der Waals surface area contributed by atoms with E-state index in [0.29, 0.717) is 0 Å². The van der Waals surface area contributed by atoms with E-state index in [4.69, 9.17) is 5.73 Å². The number of nitrogens with zero attached hydrogens (tertiary/aromatic N) is 1. The first-order valence-corrected chi connectivity index (χ1v) is 11.9. The minimum Gasteiger partial charge on any atom is -0.390 e. The van der Waals surface area contributed by atoms with Crippen LogP contribution in [0.1, 0.15) is 51.4 Å². The molecular weight excluding hydrogens is 441 g/mol. The summed E-state index contributed by atoms with van der Waals surface area (Å²) in [6, 6.07) is 6.56. The molecule has 1 aromatic carbocycles. The highest BCUT2D eigenvalue weighted by Crippen LogP contribution is 2.31. The lowest BCUT2D eigenvalue weighted by Crippen LogP contribution is -2.47. The van der Waals surface area contributed by atoms with Gasteiger partial charge in [0, 0.05) is 6.42 Å². The molecule has 3 rings (SSSR count). The number of hydrogen-bond donors (Lipinski definition) is 3. The molecule has 1 aromatic heterocycles. The molecule has 6 nitrogen and oxygen atoms in total. The average Bonchev–Trinajstić information content (AvgIpc) is 3.19. The van der Waals surface area contributed by atoms with Crippen molar-refractivity contribution in [3.63, 3.8) is 0 Å². The summed E-state index contributed by atoms with van der Waals surface area (Å²) < 4.78 is 14.8. The molecule has 0 bridgehead atoms. The second-order valence-electron chi connectivity index (χ2n) is 9.76. The summed E-state index contributed by atoms with van der Waals surface area (Å²) in [6.07, 6.45) is -2.05. The maximum atomic E-state index is 14.8. The Hall–Kier alpha value is -2.42. The number of carbonyl (C=O) groups is 2. The predicted octanol–water partition coefficient (Wildman–Crippen LogP) is 3.88. The number of aliphatic hydroxyl groups excluding tert-OH is 1. The molecule has 0 saturated heterocycles. The first-order valence-electron chi connectivity index (χ1n) is 11.0. The normalized spacial score (nSPS) is 22.9. The van der Waals surface area contributed by atoms with Gasteiger partial charge in [-0.1, -0.05) is 51.1 Å². The van der Waals surface area contributed by atoms with Crippen LogP contribution in [0.4, 0.5) is 4.39 Å². The largest absolute Gasteiger partial charge is 0.390 e. The number of aromatic nitrogens is 1. The highest BCUT2D eigenvalue weighted by Gasteiger charge is 2.40. The first kappa shape index (κ1) is 25.2. The fraction of sp³-hybridized carbons (Fsp3) is 0.480. The molecule has 0 fully saturated rings. The van der Waals surface area contributed by atoms with Crippen LogP contribution in [-0.2, 0) is 9.59 Å². The number of alkyl halides is 1. The summed E-state index contributed by atoms with van der Waals surface area (Å²) in [5.41, 5.74) is 10.4. The third-order valence-corrected chi connectivity index (χ3v) is 7.11. The monoisotopic (exact) mass is 473 g/mol. The van der Waals surface area contributed by atoms with Gasteiger partial charge in [-0.2, -0.15) is 0 Å². The number of Topliss-reactive ketones (excluding diaryl/α,β-unsaturated/α-hetero) is 1. The van der Waals surface area contributed by atoms with Crippen molar-refractivity contribution in [3.05, 3.63) is 52.7 Å². The lowest BCUT2D eigenvalue weighted by molar-refractivity contribution is -0.128. The highest BCUT2D eigenvalue weighted by atomic mass is 32.1. The van der Waals surface area contributed by atoms with Crippen LogP contribution in [0.3, 0.4) is 0 Å². The van der Waals surface area contributed by atoms with E-state index >= 15 is 0 Å². The number of aryl methyl sites for hydroxylation is 1. The Kier molecular flexibility index (Phi) is 7.51. The molecule has 1 heterocycles. The van der Waals surface area contributed by atoms with Gasteiger partial charge in [0.05, 0.1) is 40.2 Å². The van der Waals surface area contributed by atoms with Crippen LogP contribution in [0.15, 0.2) is 41.4 Å². The topological polar surface area (TPSA) is 105 Å². The second kappa shape index (κ2) is 9.83. The van der Waals surface area contributed by atoms with Crippen LogP contribution in [0, 0.1) is 18.3 Å². The smallest absolute Gasteiger partial charge is 0.230 e. The van der Waals surface area contributed by atoms with Crippen molar-refractivity contribution in [1.82, 2.24) is 10.3 Å². The number of thiazole rings is 1. The Balaban J connectivity index is 1.74. The van der Waals surface area contributed by atoms with Crippen LogP contribution >= 0.6 is 11.3 Å². The molecule has 0 spiro atoms. The Morgan fingerprint density at radius 1 is 1.27 bits per heavy atom. The summed E-state index contributed by atoms with van der Waals surface area (Å²) in [6.45, 7) is 9.26. The van der Waals surface area contributed by atoms with Crippen molar-refractivity contribution in [2.75, 3.05) is 0 Å². The highest BCUT2D eigenvalue weighted by molar-refractivity contribution is 7.13. The molecule has 1 aliphatic rings. The number of halogens is 1. The molecule has 4 N–H and O–H groups in total. The molecule has 178 valence electrons. The van der Waals surface area contributed by atoms with Crippen molar-refractivity contribution in [2.24, 2.45) is 17.1 Å². The summed E-state index contributed by atoms with van der Waals surface area (Å²) in [7, 11) is 0. The van der Waals surface area contributed by atoms with E-state index in [9.17, 15) is 19.1 Å². The van der Waals surface area contributed by atoms with Crippen LogP contribution < -0.4 is 11.1 Å². The Morgan fingerprint density at radius 3 is 2.45 bits per heavy atom. The van der Waals surface area contributed by atoms with Gasteiger partial charge in [-0.3, -0.25) is 9.59 Å². The van der Waals surface area contributed by atoms with Crippen molar-refractivity contribution in [3.8, 4) is 10.4 Å². The standard InChI is InChI=1S/C25H32FN3O3S/c1-13(15-6-8-16(9-7-15)22-14(2)28-12-33-22)29-24(32)18-10-17(11-19(30)20(18)26)21(31)23(27)25(3,4)5/h6-10,12-13,18-20,23,30H,11,27H2,1-5H3,(H,29,32)/t13-,18-,19-,20-,23+/m0/s1. The predicted molar refractivity (Wildman–Crippen MR) is 128 cm³/mol. The zero-order valence-electron chi connectivity index (χ0n) is 19.6. The van der Waals surface area contributed by atoms with Gasteiger partial charge in [0.25, 0.3) is 0 Å². The minimum absolute atomic E-state index is 0.151. The van der Waals surface area contributed by atoms with Gasteiger partial charge in [-0.25, -0.2) is 9.37 Å². The van der Waals surface area contributed by atoms with E-state index in [2.05, 4.69) is 10.3 Å². The third-order valence-electron chi connectivity index (χ3n) is 6.13. The fourth-order valence-electron chi connectivity index (χ4n) is 3.85. The number of nitrogens with two attached hydrogens (primary N) is 1. The summed E-state index contributed by atoms with van der Waals surface area (Å²) in [5.74, 6) is -2.21. The molecule has 0 aliphatic heterocycles. The molecule has 0 saturated carbocycles. The van der Waals surface area contributed by atoms with Crippen LogP contribution in [0.5, 0.6) is 0 Å². The Bertz CT molecular complexity index is 1040. The number of nitrogens with one attached hydrogen (secondary N) is 1. The van der Waals surface area contributed by atoms with Crippen molar-refractivity contribution in [2.45, 2.75) is 65.4 Å². The Labute approximate surface area is 198 Å². The third kappa shape index (κ3) is 5.57. The molecule has 8 heteroatoms. The Morgan fingerprint density at radius 2 is 1.91 bits per heavy atom. The van der Waals surface area contributed by atoms with E-state index in [0.717, 1.165) is 21.7 Å². The van der Waals surface area contributed by atoms with E-state index in [1.807, 2.05) is 58.9 Å². The molecular formula is C25H32FN3O3S. The summed E-state index contributed by atoms with van der Waals surface area (Å²) >= 11 is 1.56. The minimum atomic E-state index is -1.80. The maximum Gasteiger partial charge on any atom is 0.230 e. The number of carbonyl (C=O) groups excluding carboxylic acids is 2. The van der Waals surface area contributed by atoms with E-state index in [1.165, 1.54) is 6.08 Å². The number of hydrogen-bond acceptors (Lipinski definition) is 6. The number of aliphatic hydroxyl groups is 1. The van der Waals surface area contributed by atoms with Gasteiger partial charge in [0.2, 0.25) is 5.91 Å². The zero-order chi connectivity index (χ0) is 24.5. The lowest BCUT2D eigenvalue weighted by atomic mass is 9.78. The SMILES string of the molecule is Cc1ncsc1-c1ccc([C@H](C)NC(=O)[C@H]2C=C(C(=O)[C@@H](N)C(C)(C)C)C[C@H](O)[C@H]2F)cc1. The molecule has 33 heavy (non-hydrogen) atoms. The lowest BCUT2D eigenvalue weighted by Gasteiger charge is -2.32. The van der Waals surface area contributed by atoms with E-state index in [1.54, 1.807) is 16.8 Å². The number of ketones is 1. The molecule has 2 aromatic rings. The van der Waals surface area contributed by atoms with E-state index < -0.39 is 35.6 Å². The van der Waals surface area contributed by atoms with E-state index in [-0.39, 0.29) is 23.8 Å². The molecule has 0 radical (unpaired) electrons. The van der Waals surface area contributed by atoms with Gasteiger partial charge in [0.1, 0.15) is 6.17 Å². The second-order valence-corrected chi connectivity index (χ2v) is 10.6. The summed E-state index contributed by atoms with van der Waals surface area (Å²) in [5, 5.41) is 13.0. The zero-order valence-corrected chi connectivity index (χ0v) is 20.4. The van der Waals surface area contributed by atoms with Gasteiger partial charge in [-0.05, 0) is 36.0 Å². The van der Waals surface area contributed by atoms with Crippen LogP contribution in [-0.4, -0.2) is 40.1 Å². The number of amides is 1. The molecule has 0 unspecified atom stereocenters. The first-order chi connectivity index (χ1) is 15.4. The summed E-state index contributed by atoms with van der Waals surface area (Å²) in [4.78, 5) is 31.1. The maximum absolute atomic E-state index is 14.8. The van der Waals surface area contributed by atoms with Gasteiger partial charge >= 0.3 is 0 Å². The fourth-order valence-corrected chi connectivity index (χ4v) is 4.66. The van der Waals surface area contributed by atoms with Crippen molar-refractivity contribution >= 4 is 23.0 Å². The van der Waals surface area contributed by atoms with Gasteiger partial charge in [-0.15, -0.1) is 11.3 Å². The number of benzene rings is 1. The van der Waals surface area contributed by atoms with Gasteiger partial charge < -0.3 is 16.2 Å². The molecule has 5 atom stereocenters. The van der Waals surface area contributed by atoms with Gasteiger partial charge in [0.15, 0.2) is 5.78 Å². The molecule has 1 aliphatic carbocycles. The average molecular weight is 474 g/mol.